The van der Waals surface area contributed by atoms with E-state index in [1.807, 2.05) is 20.8 Å². The van der Waals surface area contributed by atoms with Gasteiger partial charge in [-0.3, -0.25) is 4.79 Å². The SMILES string of the molecule is CCOC(C)(C)CNC(=O)NC1COCC1(C)C(=O)O. The number of urea groups is 1. The van der Waals surface area contributed by atoms with Gasteiger partial charge in [-0.2, -0.15) is 0 Å². The van der Waals surface area contributed by atoms with Gasteiger partial charge >= 0.3 is 12.0 Å². The summed E-state index contributed by atoms with van der Waals surface area (Å²) in [5.41, 5.74) is -1.55. The van der Waals surface area contributed by atoms with E-state index < -0.39 is 29.1 Å². The molecule has 0 radical (unpaired) electrons. The molecule has 2 amide bonds. The number of hydrogen-bond acceptors (Lipinski definition) is 4. The van der Waals surface area contributed by atoms with Crippen LogP contribution in [0, 0.1) is 5.41 Å². The highest BCUT2D eigenvalue weighted by molar-refractivity contribution is 5.79. The smallest absolute Gasteiger partial charge is 0.315 e. The quantitative estimate of drug-likeness (QED) is 0.664. The number of carboxylic acids is 1. The van der Waals surface area contributed by atoms with E-state index >= 15 is 0 Å². The first kappa shape index (κ1) is 16.7. The van der Waals surface area contributed by atoms with Crippen LogP contribution in [0.3, 0.4) is 0 Å². The molecule has 116 valence electrons. The fourth-order valence-corrected chi connectivity index (χ4v) is 2.03. The first-order chi connectivity index (χ1) is 9.21. The highest BCUT2D eigenvalue weighted by Crippen LogP contribution is 2.28. The molecule has 0 aromatic carbocycles. The second-order valence-corrected chi connectivity index (χ2v) is 5.81. The number of rotatable bonds is 6. The number of hydrogen-bond donors (Lipinski definition) is 3. The largest absolute Gasteiger partial charge is 0.481 e. The molecular weight excluding hydrogens is 264 g/mol. The lowest BCUT2D eigenvalue weighted by Crippen LogP contribution is -2.54. The average Bonchev–Trinajstić information content (AvgIpc) is 2.70. The van der Waals surface area contributed by atoms with Gasteiger partial charge in [-0.1, -0.05) is 0 Å². The van der Waals surface area contributed by atoms with Gasteiger partial charge in [0.15, 0.2) is 0 Å². The summed E-state index contributed by atoms with van der Waals surface area (Å²) < 4.78 is 10.6. The molecule has 2 atom stereocenters. The van der Waals surface area contributed by atoms with Gasteiger partial charge in [-0.15, -0.1) is 0 Å². The maximum Gasteiger partial charge on any atom is 0.315 e. The Bertz CT molecular complexity index is 372. The van der Waals surface area contributed by atoms with Crippen LogP contribution in [0.1, 0.15) is 27.7 Å². The third-order valence-corrected chi connectivity index (χ3v) is 3.46. The van der Waals surface area contributed by atoms with Crippen LogP contribution >= 0.6 is 0 Å². The predicted molar refractivity (Wildman–Crippen MR) is 72.6 cm³/mol. The van der Waals surface area contributed by atoms with E-state index in [4.69, 9.17) is 9.47 Å². The molecule has 1 saturated heterocycles. The van der Waals surface area contributed by atoms with Gasteiger partial charge < -0.3 is 25.2 Å². The second-order valence-electron chi connectivity index (χ2n) is 5.81. The van der Waals surface area contributed by atoms with E-state index in [1.54, 1.807) is 6.92 Å². The van der Waals surface area contributed by atoms with Crippen molar-refractivity contribution < 1.29 is 24.2 Å². The molecular formula is C13H24N2O5. The van der Waals surface area contributed by atoms with Gasteiger partial charge in [-0.05, 0) is 27.7 Å². The van der Waals surface area contributed by atoms with Crippen molar-refractivity contribution in [1.29, 1.82) is 0 Å². The van der Waals surface area contributed by atoms with Gasteiger partial charge in [0, 0.05) is 13.2 Å². The van der Waals surface area contributed by atoms with Crippen molar-refractivity contribution in [2.24, 2.45) is 5.41 Å². The Morgan fingerprint density at radius 2 is 2.15 bits per heavy atom. The second kappa shape index (κ2) is 6.41. The van der Waals surface area contributed by atoms with Gasteiger partial charge in [0.1, 0.15) is 5.41 Å². The summed E-state index contributed by atoms with van der Waals surface area (Å²) in [6, 6.07) is -0.962. The zero-order chi connectivity index (χ0) is 15.4. The van der Waals surface area contributed by atoms with Crippen molar-refractivity contribution in [1.82, 2.24) is 10.6 Å². The fraction of sp³-hybridized carbons (Fsp3) is 0.846. The Morgan fingerprint density at radius 3 is 2.70 bits per heavy atom. The van der Waals surface area contributed by atoms with Crippen LogP contribution in [0.2, 0.25) is 0 Å². The first-order valence-electron chi connectivity index (χ1n) is 6.71. The Balaban J connectivity index is 2.49. The maximum absolute atomic E-state index is 11.8. The highest BCUT2D eigenvalue weighted by atomic mass is 16.5. The zero-order valence-electron chi connectivity index (χ0n) is 12.5. The van der Waals surface area contributed by atoms with Gasteiger partial charge in [0.25, 0.3) is 0 Å². The number of carbonyl (C=O) groups excluding carboxylic acids is 1. The van der Waals surface area contributed by atoms with E-state index in [0.717, 1.165) is 0 Å². The molecule has 0 aliphatic carbocycles. The molecule has 1 aliphatic rings. The molecule has 0 saturated carbocycles. The van der Waals surface area contributed by atoms with Crippen molar-refractivity contribution in [3.63, 3.8) is 0 Å². The van der Waals surface area contributed by atoms with Crippen molar-refractivity contribution in [2.75, 3.05) is 26.4 Å². The van der Waals surface area contributed by atoms with Gasteiger partial charge in [0.05, 0.1) is 24.9 Å². The third-order valence-electron chi connectivity index (χ3n) is 3.46. The summed E-state index contributed by atoms with van der Waals surface area (Å²) in [5, 5.41) is 14.6. The summed E-state index contributed by atoms with van der Waals surface area (Å²) in [6.07, 6.45) is 0. The molecule has 1 heterocycles. The molecule has 0 aromatic heterocycles. The summed E-state index contributed by atoms with van der Waals surface area (Å²) in [5.74, 6) is -0.977. The predicted octanol–water partition coefficient (Wildman–Crippen LogP) is 0.590. The number of carbonyl (C=O) groups is 2. The summed E-state index contributed by atoms with van der Waals surface area (Å²) in [4.78, 5) is 23.1. The van der Waals surface area contributed by atoms with Crippen molar-refractivity contribution in [3.05, 3.63) is 0 Å². The van der Waals surface area contributed by atoms with Gasteiger partial charge in [-0.25, -0.2) is 4.79 Å². The first-order valence-corrected chi connectivity index (χ1v) is 6.71. The van der Waals surface area contributed by atoms with Crippen LogP contribution in [0.5, 0.6) is 0 Å². The Kier molecular flexibility index (Phi) is 5.35. The number of aliphatic carboxylic acids is 1. The van der Waals surface area contributed by atoms with Crippen LogP contribution in [0.15, 0.2) is 0 Å². The molecule has 0 bridgehead atoms. The minimum absolute atomic E-state index is 0.0950. The molecule has 20 heavy (non-hydrogen) atoms. The number of amides is 2. The summed E-state index contributed by atoms with van der Waals surface area (Å²) in [7, 11) is 0. The Morgan fingerprint density at radius 1 is 1.50 bits per heavy atom. The van der Waals surface area contributed by atoms with Crippen LogP contribution < -0.4 is 10.6 Å². The minimum Gasteiger partial charge on any atom is -0.481 e. The van der Waals surface area contributed by atoms with Crippen molar-refractivity contribution in [2.45, 2.75) is 39.3 Å². The fourth-order valence-electron chi connectivity index (χ4n) is 2.03. The molecule has 0 aromatic rings. The molecule has 0 spiro atoms. The standard InChI is InChI=1S/C13H24N2O5/c1-5-20-12(2,3)7-14-11(18)15-9-6-19-8-13(9,4)10(16)17/h9H,5-8H2,1-4H3,(H,16,17)(H2,14,15,18). The van der Waals surface area contributed by atoms with E-state index in [1.165, 1.54) is 0 Å². The maximum atomic E-state index is 11.8. The normalized spacial score (nSPS) is 26.3. The van der Waals surface area contributed by atoms with Crippen LogP contribution in [-0.2, 0) is 14.3 Å². The molecule has 1 fully saturated rings. The van der Waals surface area contributed by atoms with Crippen LogP contribution in [0.4, 0.5) is 4.79 Å². The molecule has 7 nitrogen and oxygen atoms in total. The van der Waals surface area contributed by atoms with Crippen molar-refractivity contribution >= 4 is 12.0 Å². The molecule has 1 rings (SSSR count). The number of carboxylic acid groups (broad SMARTS) is 1. The lowest BCUT2D eigenvalue weighted by atomic mass is 9.85. The molecule has 2 unspecified atom stereocenters. The summed E-state index contributed by atoms with van der Waals surface area (Å²) >= 11 is 0. The third kappa shape index (κ3) is 4.08. The number of ether oxygens (including phenoxy) is 2. The van der Waals surface area contributed by atoms with E-state index in [2.05, 4.69) is 10.6 Å². The lowest BCUT2D eigenvalue weighted by Gasteiger charge is -2.28. The highest BCUT2D eigenvalue weighted by Gasteiger charge is 2.47. The minimum atomic E-state index is -1.09. The van der Waals surface area contributed by atoms with Crippen molar-refractivity contribution in [3.8, 4) is 0 Å². The van der Waals surface area contributed by atoms with E-state index in [9.17, 15) is 14.7 Å². The van der Waals surface area contributed by atoms with Crippen LogP contribution in [0.25, 0.3) is 0 Å². The lowest BCUT2D eigenvalue weighted by molar-refractivity contribution is -0.148. The van der Waals surface area contributed by atoms with E-state index in [-0.39, 0.29) is 13.2 Å². The molecule has 1 aliphatic heterocycles. The zero-order valence-corrected chi connectivity index (χ0v) is 12.5. The van der Waals surface area contributed by atoms with Crippen LogP contribution in [-0.4, -0.2) is 55.1 Å². The Hall–Kier alpha value is -1.34. The summed E-state index contributed by atoms with van der Waals surface area (Å²) in [6.45, 7) is 8.39. The average molecular weight is 288 g/mol. The Labute approximate surface area is 119 Å². The number of nitrogens with one attached hydrogen (secondary N) is 2. The van der Waals surface area contributed by atoms with Gasteiger partial charge in [0.2, 0.25) is 0 Å². The molecule has 7 heteroatoms. The monoisotopic (exact) mass is 288 g/mol. The van der Waals surface area contributed by atoms with E-state index in [0.29, 0.717) is 13.2 Å². The molecule has 3 N–H and O–H groups in total. The topological polar surface area (TPSA) is 96.9 Å².